The molecule has 0 saturated heterocycles. The van der Waals surface area contributed by atoms with Gasteiger partial charge in [-0.1, -0.05) is 30.0 Å². The molecule has 0 bridgehead atoms. The maximum Gasteiger partial charge on any atom is 0.227 e. The maximum absolute atomic E-state index is 12.7. The van der Waals surface area contributed by atoms with Crippen molar-refractivity contribution >= 4 is 23.4 Å². The molecule has 0 aliphatic carbocycles. The van der Waals surface area contributed by atoms with Gasteiger partial charge in [-0.2, -0.15) is 4.68 Å². The highest BCUT2D eigenvalue weighted by Crippen LogP contribution is 2.28. The summed E-state index contributed by atoms with van der Waals surface area (Å²) >= 11 is 1.43. The zero-order valence-electron chi connectivity index (χ0n) is 16.3. The Bertz CT molecular complexity index is 992. The maximum atomic E-state index is 12.7. The van der Waals surface area contributed by atoms with Crippen molar-refractivity contribution in [3.8, 4) is 17.2 Å². The van der Waals surface area contributed by atoms with Gasteiger partial charge in [-0.15, -0.1) is 5.10 Å². The molecule has 0 aliphatic heterocycles. The number of carbonyl (C=O) groups excluding carboxylic acids is 1. The molecule has 9 heteroatoms. The van der Waals surface area contributed by atoms with Gasteiger partial charge in [0.05, 0.1) is 5.69 Å². The summed E-state index contributed by atoms with van der Waals surface area (Å²) in [6, 6.07) is 12.3. The van der Waals surface area contributed by atoms with Crippen LogP contribution in [0.15, 0.2) is 47.6 Å². The molecule has 8 nitrogen and oxygen atoms in total. The van der Waals surface area contributed by atoms with Crippen LogP contribution in [0.3, 0.4) is 0 Å². The number of para-hydroxylation sites is 1. The summed E-state index contributed by atoms with van der Waals surface area (Å²) in [4.78, 5) is 14.5. The first-order valence-electron chi connectivity index (χ1n) is 9.30. The predicted molar refractivity (Wildman–Crippen MR) is 112 cm³/mol. The Morgan fingerprint density at radius 3 is 2.69 bits per heavy atom. The number of anilines is 1. The van der Waals surface area contributed by atoms with Gasteiger partial charge in [-0.05, 0) is 54.5 Å². The van der Waals surface area contributed by atoms with Crippen LogP contribution < -0.4 is 4.90 Å². The lowest BCUT2D eigenvalue weighted by Gasteiger charge is -2.23. The fraction of sp³-hybridized carbons (Fsp3) is 0.300. The Labute approximate surface area is 173 Å². The molecule has 152 valence electrons. The highest BCUT2D eigenvalue weighted by Gasteiger charge is 2.16. The Morgan fingerprint density at radius 2 is 1.97 bits per heavy atom. The number of nitrogens with zero attached hydrogens (tertiary/aromatic N) is 5. The van der Waals surface area contributed by atoms with Gasteiger partial charge in [-0.3, -0.25) is 4.79 Å². The molecule has 0 aliphatic rings. The number of phenolic OH excluding ortho intramolecular Hbond substituents is 2. The third kappa shape index (κ3) is 4.86. The van der Waals surface area contributed by atoms with Crippen LogP contribution in [0, 0.1) is 6.92 Å². The van der Waals surface area contributed by atoms with Crippen LogP contribution in [0.5, 0.6) is 11.5 Å². The minimum absolute atomic E-state index is 0.0884. The summed E-state index contributed by atoms with van der Waals surface area (Å²) in [6.45, 7) is 4.60. The van der Waals surface area contributed by atoms with E-state index in [9.17, 15) is 15.0 Å². The van der Waals surface area contributed by atoms with Crippen molar-refractivity contribution in [2.24, 2.45) is 0 Å². The predicted octanol–water partition coefficient (Wildman–Crippen LogP) is 3.31. The Hall–Kier alpha value is -3.07. The van der Waals surface area contributed by atoms with Crippen molar-refractivity contribution < 1.29 is 15.0 Å². The van der Waals surface area contributed by atoms with Gasteiger partial charge in [0.25, 0.3) is 0 Å². The molecule has 2 N–H and O–H groups in total. The average Bonchev–Trinajstić information content (AvgIpc) is 3.18. The molecule has 1 aromatic heterocycles. The van der Waals surface area contributed by atoms with E-state index in [0.717, 1.165) is 11.3 Å². The number of aromatic hydroxyl groups is 2. The second-order valence-corrected chi connectivity index (χ2v) is 7.48. The minimum atomic E-state index is -0.240. The van der Waals surface area contributed by atoms with Gasteiger partial charge >= 0.3 is 0 Å². The van der Waals surface area contributed by atoms with E-state index in [0.29, 0.717) is 36.0 Å². The fourth-order valence-electron chi connectivity index (χ4n) is 2.94. The first-order chi connectivity index (χ1) is 14.0. The van der Waals surface area contributed by atoms with Crippen LogP contribution in [-0.2, 0) is 4.79 Å². The number of phenols is 2. The number of thioether (sulfide) groups is 1. The number of benzene rings is 2. The number of rotatable bonds is 8. The summed E-state index contributed by atoms with van der Waals surface area (Å²) in [5.41, 5.74) is 2.57. The first kappa shape index (κ1) is 20.7. The molecule has 3 aromatic rings. The lowest BCUT2D eigenvalue weighted by Crippen LogP contribution is -2.31. The Kier molecular flexibility index (Phi) is 6.71. The van der Waals surface area contributed by atoms with E-state index in [4.69, 9.17) is 0 Å². The van der Waals surface area contributed by atoms with Gasteiger partial charge in [-0.25, -0.2) is 0 Å². The number of aryl methyl sites for hydroxylation is 1. The van der Waals surface area contributed by atoms with E-state index in [1.165, 1.54) is 28.6 Å². The van der Waals surface area contributed by atoms with Crippen LogP contribution in [0.4, 0.5) is 5.69 Å². The van der Waals surface area contributed by atoms with Crippen molar-refractivity contribution in [1.82, 2.24) is 20.2 Å². The summed E-state index contributed by atoms with van der Waals surface area (Å²) in [7, 11) is 0. The smallest absolute Gasteiger partial charge is 0.227 e. The van der Waals surface area contributed by atoms with E-state index in [1.807, 2.05) is 43.0 Å². The number of carbonyl (C=O) groups is 1. The van der Waals surface area contributed by atoms with Crippen LogP contribution in [0.1, 0.15) is 25.3 Å². The topological polar surface area (TPSA) is 104 Å². The molecule has 0 unspecified atom stereocenters. The number of hydrogen-bond acceptors (Lipinski definition) is 7. The lowest BCUT2D eigenvalue weighted by molar-refractivity contribution is -0.118. The van der Waals surface area contributed by atoms with Gasteiger partial charge < -0.3 is 15.1 Å². The number of amides is 1. The zero-order valence-corrected chi connectivity index (χ0v) is 17.1. The van der Waals surface area contributed by atoms with Gasteiger partial charge in [0.2, 0.25) is 11.1 Å². The van der Waals surface area contributed by atoms with Crippen molar-refractivity contribution in [3.63, 3.8) is 0 Å². The SMILES string of the molecule is CCN(C(=O)CCCSc1nnnn1-c1ccc(O)c(O)c1)c1ccccc1C. The molecular formula is C20H23N5O3S. The summed E-state index contributed by atoms with van der Waals surface area (Å²) in [5, 5.41) is 31.3. The normalized spacial score (nSPS) is 10.8. The molecule has 2 aromatic carbocycles. The Balaban J connectivity index is 1.57. The minimum Gasteiger partial charge on any atom is -0.504 e. The standard InChI is InChI=1S/C20H23N5O3S/c1-3-24(16-8-5-4-7-14(16)2)19(28)9-6-12-29-20-21-22-23-25(20)15-10-11-17(26)18(27)13-15/h4-5,7-8,10-11,13,26-27H,3,6,9,12H2,1-2H3. The monoisotopic (exact) mass is 413 g/mol. The van der Waals surface area contributed by atoms with Crippen LogP contribution in [0.2, 0.25) is 0 Å². The van der Waals surface area contributed by atoms with Gasteiger partial charge in [0, 0.05) is 30.5 Å². The molecule has 1 amide bonds. The van der Waals surface area contributed by atoms with E-state index < -0.39 is 0 Å². The van der Waals surface area contributed by atoms with Gasteiger partial charge in [0.1, 0.15) is 0 Å². The average molecular weight is 414 g/mol. The largest absolute Gasteiger partial charge is 0.504 e. The highest BCUT2D eigenvalue weighted by atomic mass is 32.2. The number of tetrazole rings is 1. The lowest BCUT2D eigenvalue weighted by atomic mass is 10.1. The van der Waals surface area contributed by atoms with E-state index in [-0.39, 0.29) is 17.4 Å². The number of aromatic nitrogens is 4. The molecule has 0 atom stereocenters. The third-order valence-electron chi connectivity index (χ3n) is 4.43. The van der Waals surface area contributed by atoms with Gasteiger partial charge in [0.15, 0.2) is 11.5 Å². The van der Waals surface area contributed by atoms with Crippen molar-refractivity contribution in [3.05, 3.63) is 48.0 Å². The Morgan fingerprint density at radius 1 is 1.17 bits per heavy atom. The second-order valence-electron chi connectivity index (χ2n) is 6.42. The molecule has 3 rings (SSSR count). The van der Waals surface area contributed by atoms with Crippen LogP contribution in [0.25, 0.3) is 5.69 Å². The molecule has 29 heavy (non-hydrogen) atoms. The van der Waals surface area contributed by atoms with Crippen molar-refractivity contribution in [2.75, 3.05) is 17.2 Å². The number of hydrogen-bond donors (Lipinski definition) is 2. The molecule has 0 radical (unpaired) electrons. The molecule has 0 spiro atoms. The molecule has 1 heterocycles. The molecule has 0 fully saturated rings. The summed E-state index contributed by atoms with van der Waals surface area (Å²) < 4.78 is 1.48. The second kappa shape index (κ2) is 9.42. The van der Waals surface area contributed by atoms with Crippen LogP contribution >= 0.6 is 11.8 Å². The van der Waals surface area contributed by atoms with Crippen molar-refractivity contribution in [1.29, 1.82) is 0 Å². The van der Waals surface area contributed by atoms with E-state index >= 15 is 0 Å². The molecule has 0 saturated carbocycles. The molecular weight excluding hydrogens is 390 g/mol. The van der Waals surface area contributed by atoms with Crippen molar-refractivity contribution in [2.45, 2.75) is 31.8 Å². The first-order valence-corrected chi connectivity index (χ1v) is 10.3. The van der Waals surface area contributed by atoms with E-state index in [1.54, 1.807) is 6.07 Å². The fourth-order valence-corrected chi connectivity index (χ4v) is 3.77. The van der Waals surface area contributed by atoms with E-state index in [2.05, 4.69) is 15.5 Å². The summed E-state index contributed by atoms with van der Waals surface area (Å²) in [5.74, 6) is 0.311. The third-order valence-corrected chi connectivity index (χ3v) is 5.44. The summed E-state index contributed by atoms with van der Waals surface area (Å²) in [6.07, 6.45) is 1.11. The van der Waals surface area contributed by atoms with Crippen LogP contribution in [-0.4, -0.2) is 48.6 Å². The highest BCUT2D eigenvalue weighted by molar-refractivity contribution is 7.99. The quantitative estimate of drug-likeness (QED) is 0.332. The zero-order chi connectivity index (χ0) is 20.8.